The van der Waals surface area contributed by atoms with Crippen molar-refractivity contribution in [3.63, 3.8) is 0 Å². The molecule has 4 nitrogen and oxygen atoms in total. The maximum absolute atomic E-state index is 9.57. The summed E-state index contributed by atoms with van der Waals surface area (Å²) in [6.45, 7) is 6.37. The molecule has 1 unspecified atom stereocenters. The van der Waals surface area contributed by atoms with Crippen LogP contribution in [0.5, 0.6) is 0 Å². The first-order valence-corrected chi connectivity index (χ1v) is 8.83. The summed E-state index contributed by atoms with van der Waals surface area (Å²) >= 11 is 1.73. The molecule has 21 heavy (non-hydrogen) atoms. The molecule has 1 atom stereocenters. The Morgan fingerprint density at radius 2 is 1.95 bits per heavy atom. The third kappa shape index (κ3) is 5.93. The fourth-order valence-corrected chi connectivity index (χ4v) is 3.40. The molecule has 1 aromatic rings. The number of hydrogen-bond donors (Lipinski definition) is 2. The molecular formula is C16H27N3OS. The van der Waals surface area contributed by atoms with Gasteiger partial charge in [-0.3, -0.25) is 0 Å². The van der Waals surface area contributed by atoms with Crippen molar-refractivity contribution in [2.75, 3.05) is 12.4 Å². The Balaban J connectivity index is 1.66. The zero-order valence-electron chi connectivity index (χ0n) is 13.4. The molecule has 1 heterocycles. The summed E-state index contributed by atoms with van der Waals surface area (Å²) in [5, 5.41) is 14.0. The number of rotatable bonds is 9. The van der Waals surface area contributed by atoms with E-state index in [-0.39, 0.29) is 12.1 Å². The highest BCUT2D eigenvalue weighted by Gasteiger charge is 2.31. The highest BCUT2D eigenvalue weighted by Crippen LogP contribution is 2.25. The Morgan fingerprint density at radius 1 is 1.29 bits per heavy atom. The average molecular weight is 309 g/mol. The molecule has 1 aromatic heterocycles. The van der Waals surface area contributed by atoms with Crippen LogP contribution in [-0.2, 0) is 0 Å². The minimum absolute atomic E-state index is 0.109. The van der Waals surface area contributed by atoms with Gasteiger partial charge in [0.15, 0.2) is 5.16 Å². The van der Waals surface area contributed by atoms with Crippen LogP contribution < -0.4 is 5.32 Å². The van der Waals surface area contributed by atoms with Crippen LogP contribution in [-0.4, -0.2) is 39.0 Å². The molecule has 1 aliphatic rings. The Labute approximate surface area is 132 Å². The number of nitrogens with zero attached hydrogens (tertiary/aromatic N) is 2. The molecule has 118 valence electrons. The first-order chi connectivity index (χ1) is 10.0. The van der Waals surface area contributed by atoms with Gasteiger partial charge in [0.2, 0.25) is 0 Å². The van der Waals surface area contributed by atoms with Gasteiger partial charge in [-0.2, -0.15) is 0 Å². The third-order valence-corrected chi connectivity index (χ3v) is 4.73. The molecule has 1 aliphatic carbocycles. The van der Waals surface area contributed by atoms with Crippen molar-refractivity contribution in [3.05, 3.63) is 17.5 Å². The molecule has 5 heteroatoms. The summed E-state index contributed by atoms with van der Waals surface area (Å²) in [6, 6.07) is 2.64. The second-order valence-corrected chi connectivity index (χ2v) is 7.44. The standard InChI is InChI=1S/C16H27N3OS/c1-12-10-13(2)18-15(17-12)21-9-5-4-8-16(3,11-20)19-14-6-7-14/h10,14,19-20H,4-9,11H2,1-3H3. The molecular weight excluding hydrogens is 282 g/mol. The molecule has 2 N–H and O–H groups in total. The number of unbranched alkanes of at least 4 members (excludes halogenated alkanes) is 1. The van der Waals surface area contributed by atoms with E-state index < -0.39 is 0 Å². The highest BCUT2D eigenvalue weighted by atomic mass is 32.2. The maximum Gasteiger partial charge on any atom is 0.187 e. The van der Waals surface area contributed by atoms with Crippen molar-refractivity contribution in [1.29, 1.82) is 0 Å². The second kappa shape index (κ2) is 7.56. The van der Waals surface area contributed by atoms with Gasteiger partial charge in [-0.15, -0.1) is 0 Å². The predicted molar refractivity (Wildman–Crippen MR) is 87.7 cm³/mol. The van der Waals surface area contributed by atoms with Gasteiger partial charge in [-0.1, -0.05) is 18.2 Å². The van der Waals surface area contributed by atoms with E-state index in [9.17, 15) is 5.11 Å². The van der Waals surface area contributed by atoms with Crippen LogP contribution >= 0.6 is 11.8 Å². The molecule has 1 saturated carbocycles. The summed E-state index contributed by atoms with van der Waals surface area (Å²) in [6.07, 6.45) is 5.79. The number of aryl methyl sites for hydroxylation is 2. The summed E-state index contributed by atoms with van der Waals surface area (Å²) in [4.78, 5) is 8.89. The van der Waals surface area contributed by atoms with E-state index in [1.165, 1.54) is 12.8 Å². The van der Waals surface area contributed by atoms with E-state index in [1.807, 2.05) is 19.9 Å². The maximum atomic E-state index is 9.57. The molecule has 2 rings (SSSR count). The molecule has 0 aliphatic heterocycles. The van der Waals surface area contributed by atoms with E-state index in [0.717, 1.165) is 41.6 Å². The highest BCUT2D eigenvalue weighted by molar-refractivity contribution is 7.99. The predicted octanol–water partition coefficient (Wildman–Crippen LogP) is 2.86. The van der Waals surface area contributed by atoms with Crippen LogP contribution in [0, 0.1) is 13.8 Å². The quantitative estimate of drug-likeness (QED) is 0.417. The van der Waals surface area contributed by atoms with E-state index in [0.29, 0.717) is 6.04 Å². The molecule has 0 spiro atoms. The number of nitrogens with one attached hydrogen (secondary N) is 1. The van der Waals surface area contributed by atoms with Gasteiger partial charge in [0.05, 0.1) is 6.61 Å². The summed E-state index contributed by atoms with van der Waals surface area (Å²) < 4.78 is 0. The fraction of sp³-hybridized carbons (Fsp3) is 0.750. The minimum atomic E-state index is -0.109. The van der Waals surface area contributed by atoms with Crippen molar-refractivity contribution in [1.82, 2.24) is 15.3 Å². The summed E-state index contributed by atoms with van der Waals surface area (Å²) in [5.41, 5.74) is 1.96. The lowest BCUT2D eigenvalue weighted by Crippen LogP contribution is -2.46. The number of aliphatic hydroxyl groups is 1. The van der Waals surface area contributed by atoms with Crippen LogP contribution in [0.15, 0.2) is 11.2 Å². The molecule has 0 radical (unpaired) electrons. The van der Waals surface area contributed by atoms with Gasteiger partial charge in [0, 0.05) is 28.7 Å². The van der Waals surface area contributed by atoms with Crippen molar-refractivity contribution >= 4 is 11.8 Å². The Morgan fingerprint density at radius 3 is 2.52 bits per heavy atom. The normalized spacial score (nSPS) is 17.7. The van der Waals surface area contributed by atoms with E-state index in [2.05, 4.69) is 22.2 Å². The zero-order chi connectivity index (χ0) is 15.3. The zero-order valence-corrected chi connectivity index (χ0v) is 14.2. The third-order valence-electron chi connectivity index (χ3n) is 3.79. The summed E-state index contributed by atoms with van der Waals surface area (Å²) in [7, 11) is 0. The van der Waals surface area contributed by atoms with Gasteiger partial charge < -0.3 is 10.4 Å². The van der Waals surface area contributed by atoms with Gasteiger partial charge in [-0.05, 0) is 52.5 Å². The monoisotopic (exact) mass is 309 g/mol. The van der Waals surface area contributed by atoms with Crippen LogP contribution in [0.1, 0.15) is 50.4 Å². The molecule has 0 aromatic carbocycles. The van der Waals surface area contributed by atoms with E-state index in [4.69, 9.17) is 0 Å². The van der Waals surface area contributed by atoms with Crippen molar-refractivity contribution < 1.29 is 5.11 Å². The van der Waals surface area contributed by atoms with Gasteiger partial charge in [-0.25, -0.2) is 9.97 Å². The molecule has 0 bridgehead atoms. The fourth-order valence-electron chi connectivity index (χ4n) is 2.46. The lowest BCUT2D eigenvalue weighted by atomic mass is 9.96. The number of aromatic nitrogens is 2. The first-order valence-electron chi connectivity index (χ1n) is 7.84. The average Bonchev–Trinajstić information content (AvgIpc) is 3.21. The van der Waals surface area contributed by atoms with Crippen molar-refractivity contribution in [2.45, 2.75) is 69.6 Å². The molecule has 0 saturated heterocycles. The largest absolute Gasteiger partial charge is 0.394 e. The Kier molecular flexibility index (Phi) is 6.02. The topological polar surface area (TPSA) is 58.0 Å². The lowest BCUT2D eigenvalue weighted by Gasteiger charge is -2.29. The van der Waals surface area contributed by atoms with Crippen LogP contribution in [0.25, 0.3) is 0 Å². The Hall–Kier alpha value is -0.650. The van der Waals surface area contributed by atoms with Crippen molar-refractivity contribution in [2.24, 2.45) is 0 Å². The first kappa shape index (κ1) is 16.7. The van der Waals surface area contributed by atoms with E-state index in [1.54, 1.807) is 11.8 Å². The second-order valence-electron chi connectivity index (χ2n) is 6.38. The van der Waals surface area contributed by atoms with Crippen LogP contribution in [0.4, 0.5) is 0 Å². The SMILES string of the molecule is Cc1cc(C)nc(SCCCCC(C)(CO)NC2CC2)n1. The van der Waals surface area contributed by atoms with Gasteiger partial charge in [0.25, 0.3) is 0 Å². The minimum Gasteiger partial charge on any atom is -0.394 e. The number of thioether (sulfide) groups is 1. The smallest absolute Gasteiger partial charge is 0.187 e. The Bertz CT molecular complexity index is 445. The number of aliphatic hydroxyl groups excluding tert-OH is 1. The number of hydrogen-bond acceptors (Lipinski definition) is 5. The summed E-state index contributed by atoms with van der Waals surface area (Å²) in [5.74, 6) is 1.04. The van der Waals surface area contributed by atoms with Gasteiger partial charge in [0.1, 0.15) is 0 Å². The van der Waals surface area contributed by atoms with Crippen LogP contribution in [0.3, 0.4) is 0 Å². The lowest BCUT2D eigenvalue weighted by molar-refractivity contribution is 0.161. The van der Waals surface area contributed by atoms with E-state index >= 15 is 0 Å². The van der Waals surface area contributed by atoms with Gasteiger partial charge >= 0.3 is 0 Å². The molecule has 1 fully saturated rings. The van der Waals surface area contributed by atoms with Crippen molar-refractivity contribution in [3.8, 4) is 0 Å². The van der Waals surface area contributed by atoms with Crippen LogP contribution in [0.2, 0.25) is 0 Å². The molecule has 0 amide bonds.